The van der Waals surface area contributed by atoms with E-state index in [0.29, 0.717) is 19.0 Å². The van der Waals surface area contributed by atoms with Crippen molar-refractivity contribution in [2.45, 2.75) is 33.4 Å². The standard InChI is InChI=1S/C17H22N2O3S/c1-10(17-11(2)19-12(3)23-17)18-9-13-7-14(20-4)16-15(8-13)21-5-6-22-16/h7-8,10,18H,5-6,9H2,1-4H3. The van der Waals surface area contributed by atoms with E-state index in [1.54, 1.807) is 18.4 Å². The zero-order chi connectivity index (χ0) is 16.4. The van der Waals surface area contributed by atoms with Gasteiger partial charge in [0.05, 0.1) is 17.8 Å². The third-order valence-electron chi connectivity index (χ3n) is 3.83. The van der Waals surface area contributed by atoms with Crippen LogP contribution >= 0.6 is 11.3 Å². The summed E-state index contributed by atoms with van der Waals surface area (Å²) in [6, 6.07) is 4.26. The van der Waals surface area contributed by atoms with Crippen molar-refractivity contribution in [3.63, 3.8) is 0 Å². The van der Waals surface area contributed by atoms with Gasteiger partial charge in [-0.05, 0) is 38.5 Å². The van der Waals surface area contributed by atoms with Gasteiger partial charge in [0.2, 0.25) is 5.75 Å². The topological polar surface area (TPSA) is 52.6 Å². The minimum absolute atomic E-state index is 0.250. The highest BCUT2D eigenvalue weighted by Gasteiger charge is 2.19. The first-order valence-corrected chi connectivity index (χ1v) is 8.54. The van der Waals surface area contributed by atoms with Crippen LogP contribution in [0.4, 0.5) is 0 Å². The van der Waals surface area contributed by atoms with Gasteiger partial charge in [0.25, 0.3) is 0 Å². The monoisotopic (exact) mass is 334 g/mol. The molecule has 124 valence electrons. The minimum atomic E-state index is 0.250. The highest BCUT2D eigenvalue weighted by Crippen LogP contribution is 2.40. The third-order valence-corrected chi connectivity index (χ3v) is 5.09. The predicted molar refractivity (Wildman–Crippen MR) is 90.8 cm³/mol. The van der Waals surface area contributed by atoms with Crippen molar-refractivity contribution in [1.82, 2.24) is 10.3 Å². The fraction of sp³-hybridized carbons (Fsp3) is 0.471. The van der Waals surface area contributed by atoms with Gasteiger partial charge in [0.15, 0.2) is 11.5 Å². The van der Waals surface area contributed by atoms with Crippen LogP contribution in [-0.4, -0.2) is 25.3 Å². The molecule has 3 rings (SSSR count). The number of nitrogens with one attached hydrogen (secondary N) is 1. The van der Waals surface area contributed by atoms with Gasteiger partial charge >= 0.3 is 0 Å². The predicted octanol–water partition coefficient (Wildman–Crippen LogP) is 3.39. The summed E-state index contributed by atoms with van der Waals surface area (Å²) in [6.45, 7) is 8.12. The summed E-state index contributed by atoms with van der Waals surface area (Å²) in [4.78, 5) is 5.78. The van der Waals surface area contributed by atoms with Crippen molar-refractivity contribution in [2.75, 3.05) is 20.3 Å². The Kier molecular flexibility index (Phi) is 4.73. The summed E-state index contributed by atoms with van der Waals surface area (Å²) < 4.78 is 16.7. The molecule has 0 fully saturated rings. The number of aromatic nitrogens is 1. The number of ether oxygens (including phenoxy) is 3. The molecule has 0 amide bonds. The van der Waals surface area contributed by atoms with Gasteiger partial charge in [0, 0.05) is 17.5 Å². The van der Waals surface area contributed by atoms with Crippen LogP contribution in [0.5, 0.6) is 17.2 Å². The summed E-state index contributed by atoms with van der Waals surface area (Å²) in [5.41, 5.74) is 2.21. The van der Waals surface area contributed by atoms with Crippen LogP contribution in [-0.2, 0) is 6.54 Å². The van der Waals surface area contributed by atoms with E-state index in [1.165, 1.54) is 4.88 Å². The fourth-order valence-electron chi connectivity index (χ4n) is 2.74. The average molecular weight is 334 g/mol. The van der Waals surface area contributed by atoms with Crippen LogP contribution < -0.4 is 19.5 Å². The molecule has 0 saturated heterocycles. The molecule has 0 radical (unpaired) electrons. The van der Waals surface area contributed by atoms with E-state index >= 15 is 0 Å². The Hall–Kier alpha value is -1.79. The molecule has 5 nitrogen and oxygen atoms in total. The first-order valence-electron chi connectivity index (χ1n) is 7.72. The number of methoxy groups -OCH3 is 1. The van der Waals surface area contributed by atoms with E-state index in [-0.39, 0.29) is 6.04 Å². The molecule has 2 heterocycles. The lowest BCUT2D eigenvalue weighted by molar-refractivity contribution is 0.165. The Balaban J connectivity index is 1.74. The molecule has 2 aromatic rings. The molecule has 0 bridgehead atoms. The Labute approximate surface area is 140 Å². The molecule has 6 heteroatoms. The molecule has 1 unspecified atom stereocenters. The molecule has 1 aromatic carbocycles. The summed E-state index contributed by atoms with van der Waals surface area (Å²) in [5, 5.41) is 4.65. The second kappa shape index (κ2) is 6.76. The number of hydrogen-bond donors (Lipinski definition) is 1. The molecule has 0 aliphatic carbocycles. The second-order valence-corrected chi connectivity index (χ2v) is 6.84. The van der Waals surface area contributed by atoms with Gasteiger partial charge in [0.1, 0.15) is 13.2 Å². The number of hydrogen-bond acceptors (Lipinski definition) is 6. The highest BCUT2D eigenvalue weighted by molar-refractivity contribution is 7.11. The normalized spacial score (nSPS) is 14.6. The average Bonchev–Trinajstić information content (AvgIpc) is 2.90. The first kappa shape index (κ1) is 16.1. The highest BCUT2D eigenvalue weighted by atomic mass is 32.1. The van der Waals surface area contributed by atoms with Gasteiger partial charge < -0.3 is 19.5 Å². The van der Waals surface area contributed by atoms with Crippen LogP contribution in [0.25, 0.3) is 0 Å². The quantitative estimate of drug-likeness (QED) is 0.908. The Morgan fingerprint density at radius 1 is 1.30 bits per heavy atom. The zero-order valence-corrected chi connectivity index (χ0v) is 14.8. The third kappa shape index (κ3) is 3.43. The lowest BCUT2D eigenvalue weighted by Crippen LogP contribution is -2.19. The van der Waals surface area contributed by atoms with Crippen LogP contribution in [0.2, 0.25) is 0 Å². The number of thiazole rings is 1. The maximum atomic E-state index is 5.68. The van der Waals surface area contributed by atoms with Crippen molar-refractivity contribution in [1.29, 1.82) is 0 Å². The summed E-state index contributed by atoms with van der Waals surface area (Å²) >= 11 is 1.75. The summed E-state index contributed by atoms with van der Waals surface area (Å²) in [5.74, 6) is 2.17. The number of benzene rings is 1. The van der Waals surface area contributed by atoms with E-state index in [2.05, 4.69) is 24.1 Å². The van der Waals surface area contributed by atoms with Crippen molar-refractivity contribution >= 4 is 11.3 Å². The largest absolute Gasteiger partial charge is 0.493 e. The van der Waals surface area contributed by atoms with Crippen LogP contribution in [0.3, 0.4) is 0 Å². The van der Waals surface area contributed by atoms with E-state index in [9.17, 15) is 0 Å². The van der Waals surface area contributed by atoms with E-state index < -0.39 is 0 Å². The molecule has 1 N–H and O–H groups in total. The SMILES string of the molecule is COc1cc(CNC(C)c2sc(C)nc2C)cc2c1OCCO2. The van der Waals surface area contributed by atoms with Crippen molar-refractivity contribution < 1.29 is 14.2 Å². The number of rotatable bonds is 5. The molecule has 1 atom stereocenters. The Morgan fingerprint density at radius 3 is 2.78 bits per heavy atom. The van der Waals surface area contributed by atoms with Crippen LogP contribution in [0.15, 0.2) is 12.1 Å². The smallest absolute Gasteiger partial charge is 0.203 e. The first-order chi connectivity index (χ1) is 11.1. The maximum absolute atomic E-state index is 5.68. The van der Waals surface area contributed by atoms with Crippen molar-refractivity contribution in [2.24, 2.45) is 0 Å². The number of aryl methyl sites for hydroxylation is 2. The number of nitrogens with zero attached hydrogens (tertiary/aromatic N) is 1. The molecule has 1 aliphatic rings. The Bertz CT molecular complexity index is 682. The lowest BCUT2D eigenvalue weighted by Gasteiger charge is -2.22. The maximum Gasteiger partial charge on any atom is 0.203 e. The summed E-state index contributed by atoms with van der Waals surface area (Å²) in [7, 11) is 1.65. The molecule has 0 spiro atoms. The zero-order valence-electron chi connectivity index (χ0n) is 13.9. The molecule has 1 aromatic heterocycles. The van der Waals surface area contributed by atoms with E-state index in [4.69, 9.17) is 14.2 Å². The van der Waals surface area contributed by atoms with Crippen LogP contribution in [0.1, 0.15) is 34.1 Å². The van der Waals surface area contributed by atoms with Gasteiger partial charge in [-0.15, -0.1) is 11.3 Å². The second-order valence-electron chi connectivity index (χ2n) is 5.61. The van der Waals surface area contributed by atoms with E-state index in [0.717, 1.165) is 34.3 Å². The fourth-order valence-corrected chi connectivity index (χ4v) is 3.70. The van der Waals surface area contributed by atoms with E-state index in [1.807, 2.05) is 19.1 Å². The molecule has 0 saturated carbocycles. The van der Waals surface area contributed by atoms with Crippen LogP contribution in [0, 0.1) is 13.8 Å². The minimum Gasteiger partial charge on any atom is -0.493 e. The molecular weight excluding hydrogens is 312 g/mol. The Morgan fingerprint density at radius 2 is 2.09 bits per heavy atom. The van der Waals surface area contributed by atoms with Gasteiger partial charge in [-0.25, -0.2) is 4.98 Å². The van der Waals surface area contributed by atoms with Gasteiger partial charge in [-0.2, -0.15) is 0 Å². The molecular formula is C17H22N2O3S. The molecule has 1 aliphatic heterocycles. The van der Waals surface area contributed by atoms with Crippen molar-refractivity contribution in [3.8, 4) is 17.2 Å². The van der Waals surface area contributed by atoms with Gasteiger partial charge in [-0.1, -0.05) is 0 Å². The van der Waals surface area contributed by atoms with Crippen molar-refractivity contribution in [3.05, 3.63) is 33.3 Å². The van der Waals surface area contributed by atoms with Gasteiger partial charge in [-0.3, -0.25) is 0 Å². The number of fused-ring (bicyclic) bond motifs is 1. The summed E-state index contributed by atoms with van der Waals surface area (Å²) in [6.07, 6.45) is 0. The lowest BCUT2D eigenvalue weighted by atomic mass is 10.1. The molecule has 23 heavy (non-hydrogen) atoms.